The number of carbonyl (C=O) groups excluding carboxylic acids is 2. The molecule has 142 valence electrons. The number of fused-ring (bicyclic) bond motifs is 1. The molecule has 1 fully saturated rings. The van der Waals surface area contributed by atoms with Crippen LogP contribution < -0.4 is 9.47 Å². The molecule has 1 aromatic carbocycles. The largest absolute Gasteiger partial charge is 0.457 e. The number of piperidine rings is 1. The molecule has 0 unspecified atom stereocenters. The lowest BCUT2D eigenvalue weighted by Crippen LogP contribution is -2.41. The highest BCUT2D eigenvalue weighted by atomic mass is 32.2. The number of esters is 1. The van der Waals surface area contributed by atoms with Crippen molar-refractivity contribution in [2.45, 2.75) is 19.8 Å². The van der Waals surface area contributed by atoms with Crippen LogP contribution in [-0.2, 0) is 19.6 Å². The molecule has 2 aliphatic rings. The summed E-state index contributed by atoms with van der Waals surface area (Å²) in [5.41, 5.74) is 0.380. The molecule has 0 amide bonds. The number of ether oxygens (including phenoxy) is 3. The Balaban J connectivity index is 1.49. The Bertz CT molecular complexity index is 797. The predicted molar refractivity (Wildman–Crippen MR) is 91.6 cm³/mol. The van der Waals surface area contributed by atoms with Crippen LogP contribution in [0.5, 0.6) is 11.5 Å². The fraction of sp³-hybridized carbons (Fsp3) is 0.529. The summed E-state index contributed by atoms with van der Waals surface area (Å²) in [6, 6.07) is 4.80. The van der Waals surface area contributed by atoms with E-state index in [9.17, 15) is 18.0 Å². The van der Waals surface area contributed by atoms with Gasteiger partial charge in [0.15, 0.2) is 23.9 Å². The van der Waals surface area contributed by atoms with Crippen LogP contribution in [0.3, 0.4) is 0 Å². The van der Waals surface area contributed by atoms with Crippen LogP contribution in [0.4, 0.5) is 0 Å². The molecule has 1 aromatic rings. The van der Waals surface area contributed by atoms with Gasteiger partial charge < -0.3 is 14.2 Å². The minimum absolute atomic E-state index is 0.0478. The van der Waals surface area contributed by atoms with E-state index in [2.05, 4.69) is 0 Å². The van der Waals surface area contributed by atoms with Gasteiger partial charge in [0.2, 0.25) is 16.8 Å². The molecule has 1 saturated heterocycles. The van der Waals surface area contributed by atoms with Crippen molar-refractivity contribution in [1.82, 2.24) is 4.31 Å². The molecule has 0 saturated carbocycles. The number of Topliss-reactive ketones (excluding diaryl/α,β-unsaturated/α-hetero) is 1. The first-order chi connectivity index (χ1) is 12.4. The molecule has 26 heavy (non-hydrogen) atoms. The molecule has 0 spiro atoms. The fourth-order valence-corrected chi connectivity index (χ4v) is 4.09. The van der Waals surface area contributed by atoms with E-state index in [0.29, 0.717) is 43.0 Å². The quantitative estimate of drug-likeness (QED) is 0.538. The van der Waals surface area contributed by atoms with Crippen LogP contribution in [-0.4, -0.2) is 56.7 Å². The molecule has 8 nitrogen and oxygen atoms in total. The highest BCUT2D eigenvalue weighted by Crippen LogP contribution is 2.32. The van der Waals surface area contributed by atoms with Crippen molar-refractivity contribution < 1.29 is 32.2 Å². The Morgan fingerprint density at radius 1 is 1.19 bits per heavy atom. The van der Waals surface area contributed by atoms with Crippen molar-refractivity contribution in [1.29, 1.82) is 0 Å². The second kappa shape index (κ2) is 7.63. The average molecular weight is 383 g/mol. The molecule has 9 heteroatoms. The van der Waals surface area contributed by atoms with E-state index in [-0.39, 0.29) is 30.9 Å². The average Bonchev–Trinajstić information content (AvgIpc) is 3.13. The lowest BCUT2D eigenvalue weighted by molar-refractivity contribution is -0.148. The maximum absolute atomic E-state index is 12.2. The van der Waals surface area contributed by atoms with Gasteiger partial charge in [0, 0.05) is 18.7 Å². The van der Waals surface area contributed by atoms with Gasteiger partial charge in [-0.25, -0.2) is 12.7 Å². The lowest BCUT2D eigenvalue weighted by atomic mass is 9.98. The van der Waals surface area contributed by atoms with Gasteiger partial charge in [-0.3, -0.25) is 9.59 Å². The van der Waals surface area contributed by atoms with E-state index in [1.807, 2.05) is 0 Å². The number of benzene rings is 1. The zero-order valence-corrected chi connectivity index (χ0v) is 15.3. The maximum atomic E-state index is 12.2. The van der Waals surface area contributed by atoms with E-state index < -0.39 is 16.0 Å². The standard InChI is InChI=1S/C17H21NO7S/c1-2-26(21,22)18-7-5-12(6-8-18)17(20)23-10-14(19)13-3-4-15-16(9-13)25-11-24-15/h3-4,9,12H,2,5-8,10-11H2,1H3. The summed E-state index contributed by atoms with van der Waals surface area (Å²) >= 11 is 0. The van der Waals surface area contributed by atoms with Crippen LogP contribution >= 0.6 is 0 Å². The second-order valence-electron chi connectivity index (χ2n) is 6.17. The van der Waals surface area contributed by atoms with Gasteiger partial charge in [-0.15, -0.1) is 0 Å². The van der Waals surface area contributed by atoms with E-state index in [0.717, 1.165) is 0 Å². The Labute approximate surface area is 152 Å². The SMILES string of the molecule is CCS(=O)(=O)N1CCC(C(=O)OCC(=O)c2ccc3c(c2)OCO3)CC1. The van der Waals surface area contributed by atoms with Crippen molar-refractivity contribution in [3.05, 3.63) is 23.8 Å². The Morgan fingerprint density at radius 2 is 1.88 bits per heavy atom. The summed E-state index contributed by atoms with van der Waals surface area (Å²) in [5.74, 6) is -0.0660. The van der Waals surface area contributed by atoms with Crippen molar-refractivity contribution in [2.75, 3.05) is 32.2 Å². The van der Waals surface area contributed by atoms with E-state index in [1.54, 1.807) is 25.1 Å². The summed E-state index contributed by atoms with van der Waals surface area (Å²) in [6.45, 7) is 1.95. The predicted octanol–water partition coefficient (Wildman–Crippen LogP) is 1.20. The first-order valence-electron chi connectivity index (χ1n) is 8.48. The van der Waals surface area contributed by atoms with Crippen LogP contribution in [0.15, 0.2) is 18.2 Å². The first-order valence-corrected chi connectivity index (χ1v) is 10.1. The highest BCUT2D eigenvalue weighted by molar-refractivity contribution is 7.89. The minimum Gasteiger partial charge on any atom is -0.457 e. The highest BCUT2D eigenvalue weighted by Gasteiger charge is 2.31. The summed E-state index contributed by atoms with van der Waals surface area (Å²) < 4.78 is 40.6. The second-order valence-corrected chi connectivity index (χ2v) is 8.43. The third kappa shape index (κ3) is 3.99. The van der Waals surface area contributed by atoms with Crippen LogP contribution in [0.25, 0.3) is 0 Å². The normalized spacial score (nSPS) is 17.9. The molecule has 2 heterocycles. The van der Waals surface area contributed by atoms with Gasteiger partial charge in [-0.05, 0) is 38.0 Å². The molecule has 0 aliphatic carbocycles. The lowest BCUT2D eigenvalue weighted by Gasteiger charge is -2.29. The number of hydrogen-bond donors (Lipinski definition) is 0. The molecule has 0 aromatic heterocycles. The fourth-order valence-electron chi connectivity index (χ4n) is 2.96. The molecule has 0 N–H and O–H groups in total. The van der Waals surface area contributed by atoms with Gasteiger partial charge in [0.1, 0.15) is 0 Å². The van der Waals surface area contributed by atoms with Crippen molar-refractivity contribution >= 4 is 21.8 Å². The van der Waals surface area contributed by atoms with Gasteiger partial charge in [-0.2, -0.15) is 0 Å². The van der Waals surface area contributed by atoms with Gasteiger partial charge in [0.25, 0.3) is 0 Å². The number of sulfonamides is 1. The number of ketones is 1. The number of nitrogens with zero attached hydrogens (tertiary/aromatic N) is 1. The third-order valence-corrected chi connectivity index (χ3v) is 6.47. The van der Waals surface area contributed by atoms with E-state index in [1.165, 1.54) is 4.31 Å². The van der Waals surface area contributed by atoms with Gasteiger partial charge in [-0.1, -0.05) is 0 Å². The summed E-state index contributed by atoms with van der Waals surface area (Å²) in [6.07, 6.45) is 0.798. The Morgan fingerprint density at radius 3 is 2.58 bits per heavy atom. The van der Waals surface area contributed by atoms with Crippen LogP contribution in [0.2, 0.25) is 0 Å². The van der Waals surface area contributed by atoms with Crippen LogP contribution in [0, 0.1) is 5.92 Å². The zero-order valence-electron chi connectivity index (χ0n) is 14.5. The molecule has 3 rings (SSSR count). The van der Waals surface area contributed by atoms with E-state index in [4.69, 9.17) is 14.2 Å². The number of carbonyl (C=O) groups is 2. The summed E-state index contributed by atoms with van der Waals surface area (Å²) in [5, 5.41) is 0. The summed E-state index contributed by atoms with van der Waals surface area (Å²) in [7, 11) is -3.23. The third-order valence-electron chi connectivity index (χ3n) is 4.59. The number of hydrogen-bond acceptors (Lipinski definition) is 7. The van der Waals surface area contributed by atoms with Gasteiger partial charge in [0.05, 0.1) is 11.7 Å². The maximum Gasteiger partial charge on any atom is 0.309 e. The molecule has 0 atom stereocenters. The molecule has 0 bridgehead atoms. The Hall–Kier alpha value is -2.13. The minimum atomic E-state index is -3.23. The monoisotopic (exact) mass is 383 g/mol. The first kappa shape index (κ1) is 18.7. The van der Waals surface area contributed by atoms with Gasteiger partial charge >= 0.3 is 5.97 Å². The van der Waals surface area contributed by atoms with Crippen LogP contribution in [0.1, 0.15) is 30.1 Å². The molecule has 0 radical (unpaired) electrons. The molecular weight excluding hydrogens is 362 g/mol. The molecular formula is C17H21NO7S. The Kier molecular flexibility index (Phi) is 5.47. The van der Waals surface area contributed by atoms with Crippen molar-refractivity contribution in [2.24, 2.45) is 5.92 Å². The van der Waals surface area contributed by atoms with E-state index >= 15 is 0 Å². The van der Waals surface area contributed by atoms with Crippen molar-refractivity contribution in [3.8, 4) is 11.5 Å². The smallest absolute Gasteiger partial charge is 0.309 e. The summed E-state index contributed by atoms with van der Waals surface area (Å²) in [4.78, 5) is 24.4. The molecule has 2 aliphatic heterocycles. The van der Waals surface area contributed by atoms with Crippen molar-refractivity contribution in [3.63, 3.8) is 0 Å². The zero-order chi connectivity index (χ0) is 18.7. The topological polar surface area (TPSA) is 99.2 Å². The number of rotatable bonds is 6.